The SMILES string of the molecule is CC(=O)NCn1nnc([N+](=O)[O-])n1. The predicted octanol–water partition coefficient (Wildman–Crippen LogP) is -1.33. The van der Waals surface area contributed by atoms with Crippen molar-refractivity contribution in [2.75, 3.05) is 0 Å². The van der Waals surface area contributed by atoms with Crippen LogP contribution in [0.15, 0.2) is 0 Å². The molecule has 9 heteroatoms. The third kappa shape index (κ3) is 2.47. The van der Waals surface area contributed by atoms with Crippen molar-refractivity contribution in [3.8, 4) is 0 Å². The smallest absolute Gasteiger partial charge is 0.390 e. The fourth-order valence-corrected chi connectivity index (χ4v) is 0.557. The van der Waals surface area contributed by atoms with E-state index in [-0.39, 0.29) is 12.6 Å². The number of hydrogen-bond acceptors (Lipinski definition) is 6. The van der Waals surface area contributed by atoms with Crippen molar-refractivity contribution in [1.82, 2.24) is 25.5 Å². The van der Waals surface area contributed by atoms with Crippen LogP contribution in [0.1, 0.15) is 6.92 Å². The Morgan fingerprint density at radius 3 is 2.92 bits per heavy atom. The maximum Gasteiger partial charge on any atom is 0.514 e. The van der Waals surface area contributed by atoms with E-state index in [1.807, 2.05) is 0 Å². The van der Waals surface area contributed by atoms with Crippen LogP contribution in [0.5, 0.6) is 0 Å². The number of nitrogens with one attached hydrogen (secondary N) is 1. The average molecular weight is 186 g/mol. The molecule has 0 bridgehead atoms. The van der Waals surface area contributed by atoms with Gasteiger partial charge in [-0.15, -0.1) is 0 Å². The summed E-state index contributed by atoms with van der Waals surface area (Å²) < 4.78 is 0. The molecule has 0 saturated heterocycles. The van der Waals surface area contributed by atoms with Gasteiger partial charge in [-0.3, -0.25) is 4.79 Å². The zero-order valence-electron chi connectivity index (χ0n) is 6.67. The molecule has 0 unspecified atom stereocenters. The number of hydrogen-bond donors (Lipinski definition) is 1. The van der Waals surface area contributed by atoms with Gasteiger partial charge in [0.25, 0.3) is 0 Å². The summed E-state index contributed by atoms with van der Waals surface area (Å²) in [6.07, 6.45) is 0. The van der Waals surface area contributed by atoms with Crippen molar-refractivity contribution >= 4 is 11.9 Å². The quantitative estimate of drug-likeness (QED) is 0.462. The summed E-state index contributed by atoms with van der Waals surface area (Å²) in [4.78, 5) is 20.7. The Labute approximate surface area is 71.9 Å². The number of nitro groups is 1. The van der Waals surface area contributed by atoms with Gasteiger partial charge in [-0.25, -0.2) is 0 Å². The number of nitrogens with zero attached hydrogens (tertiary/aromatic N) is 5. The van der Waals surface area contributed by atoms with Crippen molar-refractivity contribution < 1.29 is 9.72 Å². The third-order valence-corrected chi connectivity index (χ3v) is 1.08. The lowest BCUT2D eigenvalue weighted by atomic mass is 10.7. The first-order valence-electron chi connectivity index (χ1n) is 3.26. The average Bonchev–Trinajstić information content (AvgIpc) is 2.48. The standard InChI is InChI=1S/C4H6N6O3/c1-3(11)5-2-9-7-4(6-8-9)10(12)13/h2H2,1H3,(H,5,11). The van der Waals surface area contributed by atoms with E-state index in [9.17, 15) is 14.9 Å². The summed E-state index contributed by atoms with van der Waals surface area (Å²) >= 11 is 0. The van der Waals surface area contributed by atoms with E-state index in [1.165, 1.54) is 6.92 Å². The highest BCUT2D eigenvalue weighted by atomic mass is 16.6. The Hall–Kier alpha value is -2.06. The van der Waals surface area contributed by atoms with E-state index in [1.54, 1.807) is 0 Å². The van der Waals surface area contributed by atoms with Gasteiger partial charge in [-0.1, -0.05) is 4.80 Å². The Morgan fingerprint density at radius 1 is 1.77 bits per heavy atom. The summed E-state index contributed by atoms with van der Waals surface area (Å²) in [6, 6.07) is 0. The van der Waals surface area contributed by atoms with Crippen molar-refractivity contribution in [2.45, 2.75) is 13.6 Å². The highest BCUT2D eigenvalue weighted by Crippen LogP contribution is 1.95. The van der Waals surface area contributed by atoms with Crippen LogP contribution in [0.2, 0.25) is 0 Å². The van der Waals surface area contributed by atoms with E-state index in [2.05, 4.69) is 20.7 Å². The van der Waals surface area contributed by atoms with Crippen LogP contribution in [0, 0.1) is 10.1 Å². The van der Waals surface area contributed by atoms with E-state index in [0.717, 1.165) is 4.80 Å². The zero-order chi connectivity index (χ0) is 9.84. The molecule has 0 atom stereocenters. The monoisotopic (exact) mass is 186 g/mol. The van der Waals surface area contributed by atoms with Crippen LogP contribution in [-0.2, 0) is 11.5 Å². The molecule has 9 nitrogen and oxygen atoms in total. The van der Waals surface area contributed by atoms with Gasteiger partial charge >= 0.3 is 5.95 Å². The second-order valence-electron chi connectivity index (χ2n) is 2.11. The molecule has 13 heavy (non-hydrogen) atoms. The molecule has 1 N–H and O–H groups in total. The minimum Gasteiger partial charge on any atom is -0.390 e. The van der Waals surface area contributed by atoms with Gasteiger partial charge in [0.05, 0.1) is 10.2 Å². The Kier molecular flexibility index (Phi) is 2.47. The molecule has 1 heterocycles. The first-order chi connectivity index (χ1) is 6.09. The normalized spacial score (nSPS) is 9.62. The number of amides is 1. The van der Waals surface area contributed by atoms with Crippen LogP contribution in [0.4, 0.5) is 5.95 Å². The molecule has 1 aromatic rings. The largest absolute Gasteiger partial charge is 0.514 e. The van der Waals surface area contributed by atoms with Gasteiger partial charge < -0.3 is 15.4 Å². The fourth-order valence-electron chi connectivity index (χ4n) is 0.557. The first kappa shape index (κ1) is 9.03. The summed E-state index contributed by atoms with van der Waals surface area (Å²) in [5, 5.41) is 22.3. The van der Waals surface area contributed by atoms with Crippen LogP contribution in [-0.4, -0.2) is 31.0 Å². The minimum absolute atomic E-state index is 0.0316. The number of carbonyl (C=O) groups excluding carboxylic acids is 1. The second-order valence-corrected chi connectivity index (χ2v) is 2.11. The van der Waals surface area contributed by atoms with Crippen LogP contribution in [0.25, 0.3) is 0 Å². The zero-order valence-corrected chi connectivity index (χ0v) is 6.67. The summed E-state index contributed by atoms with van der Waals surface area (Å²) in [7, 11) is 0. The molecular weight excluding hydrogens is 180 g/mol. The van der Waals surface area contributed by atoms with E-state index in [0.29, 0.717) is 0 Å². The van der Waals surface area contributed by atoms with Gasteiger partial charge in [0.1, 0.15) is 6.67 Å². The van der Waals surface area contributed by atoms with Gasteiger partial charge in [0.15, 0.2) is 0 Å². The lowest BCUT2D eigenvalue weighted by molar-refractivity contribution is -0.394. The highest BCUT2D eigenvalue weighted by molar-refractivity contribution is 5.72. The maximum absolute atomic E-state index is 10.4. The summed E-state index contributed by atoms with van der Waals surface area (Å²) in [5.74, 6) is -0.870. The number of aromatic nitrogens is 4. The van der Waals surface area contributed by atoms with Gasteiger partial charge in [0.2, 0.25) is 5.91 Å². The van der Waals surface area contributed by atoms with Crippen LogP contribution >= 0.6 is 0 Å². The fraction of sp³-hybridized carbons (Fsp3) is 0.500. The van der Waals surface area contributed by atoms with E-state index >= 15 is 0 Å². The topological polar surface area (TPSA) is 116 Å². The molecule has 0 aliphatic carbocycles. The van der Waals surface area contributed by atoms with Crippen LogP contribution in [0.3, 0.4) is 0 Å². The summed E-state index contributed by atoms with van der Waals surface area (Å²) in [5.41, 5.74) is 0. The maximum atomic E-state index is 10.4. The molecule has 0 radical (unpaired) electrons. The highest BCUT2D eigenvalue weighted by Gasteiger charge is 2.14. The number of rotatable bonds is 3. The molecule has 0 spiro atoms. The van der Waals surface area contributed by atoms with Crippen molar-refractivity contribution in [3.63, 3.8) is 0 Å². The first-order valence-corrected chi connectivity index (χ1v) is 3.26. The molecule has 0 aliphatic heterocycles. The molecule has 70 valence electrons. The second kappa shape index (κ2) is 3.56. The van der Waals surface area contributed by atoms with Crippen molar-refractivity contribution in [1.29, 1.82) is 0 Å². The van der Waals surface area contributed by atoms with Crippen molar-refractivity contribution in [2.24, 2.45) is 0 Å². The number of tetrazole rings is 1. The minimum atomic E-state index is -0.767. The molecule has 1 aromatic heterocycles. The van der Waals surface area contributed by atoms with Gasteiger partial charge in [0, 0.05) is 12.1 Å². The molecule has 1 rings (SSSR count). The molecule has 0 fully saturated rings. The predicted molar refractivity (Wildman–Crippen MR) is 38.3 cm³/mol. The molecule has 0 aliphatic rings. The number of carbonyl (C=O) groups is 1. The van der Waals surface area contributed by atoms with E-state index in [4.69, 9.17) is 0 Å². The van der Waals surface area contributed by atoms with Crippen LogP contribution < -0.4 is 5.32 Å². The van der Waals surface area contributed by atoms with E-state index < -0.39 is 10.9 Å². The van der Waals surface area contributed by atoms with Gasteiger partial charge in [-0.05, 0) is 4.92 Å². The van der Waals surface area contributed by atoms with Crippen molar-refractivity contribution in [3.05, 3.63) is 10.1 Å². The molecule has 0 saturated carbocycles. The molecular formula is C4H6N6O3. The lowest BCUT2D eigenvalue weighted by Gasteiger charge is -1.94. The van der Waals surface area contributed by atoms with Gasteiger partial charge in [-0.2, -0.15) is 0 Å². The molecule has 1 amide bonds. The molecule has 0 aromatic carbocycles. The Balaban J connectivity index is 2.59. The lowest BCUT2D eigenvalue weighted by Crippen LogP contribution is -2.24. The Bertz CT molecular complexity index is 332. The summed E-state index contributed by atoms with van der Waals surface area (Å²) in [6.45, 7) is 1.28. The Morgan fingerprint density at radius 2 is 2.46 bits per heavy atom. The third-order valence-electron chi connectivity index (χ3n) is 1.08.